The Hall–Kier alpha value is -0.300. The first-order valence-corrected chi connectivity index (χ1v) is 4.30. The van der Waals surface area contributed by atoms with Gasteiger partial charge in [-0.15, -0.1) is 0 Å². The molecular weight excluding hydrogens is 158 g/mol. The van der Waals surface area contributed by atoms with Gasteiger partial charge < -0.3 is 0 Å². The third-order valence-electron chi connectivity index (χ3n) is 1.76. The number of allylic oxidation sites excluding steroid dienone is 1. The van der Waals surface area contributed by atoms with Crippen LogP contribution in [0.5, 0.6) is 0 Å². The average Bonchev–Trinajstić information content (AvgIpc) is 1.86. The second-order valence-electron chi connectivity index (χ2n) is 3.83. The highest BCUT2D eigenvalue weighted by Gasteiger charge is 2.21. The van der Waals surface area contributed by atoms with Crippen molar-refractivity contribution in [2.75, 3.05) is 6.54 Å². The number of rotatable bonds is 0. The Bertz CT molecular complexity index is 208. The Kier molecular flexibility index (Phi) is 2.38. The minimum atomic E-state index is 0.140. The lowest BCUT2D eigenvalue weighted by Gasteiger charge is -2.23. The molecule has 0 saturated carbocycles. The van der Waals surface area contributed by atoms with Crippen molar-refractivity contribution in [1.82, 2.24) is 0 Å². The van der Waals surface area contributed by atoms with E-state index in [-0.39, 0.29) is 5.41 Å². The van der Waals surface area contributed by atoms with Gasteiger partial charge in [-0.3, -0.25) is 4.99 Å². The number of dihydropyridines is 1. The van der Waals surface area contributed by atoms with Crippen molar-refractivity contribution in [3.63, 3.8) is 0 Å². The van der Waals surface area contributed by atoms with Crippen molar-refractivity contribution in [2.45, 2.75) is 27.2 Å². The SMILES string of the molecule is CC(C)(C)C1=CCCN=C1Cl. The molecule has 0 radical (unpaired) electrons. The molecule has 2 heteroatoms. The predicted octanol–water partition coefficient (Wildman–Crippen LogP) is 3.00. The van der Waals surface area contributed by atoms with Gasteiger partial charge in [-0.2, -0.15) is 0 Å². The van der Waals surface area contributed by atoms with Gasteiger partial charge in [0.25, 0.3) is 0 Å². The van der Waals surface area contributed by atoms with E-state index in [4.69, 9.17) is 11.6 Å². The van der Waals surface area contributed by atoms with Crippen LogP contribution >= 0.6 is 11.6 Å². The first-order chi connectivity index (χ1) is 5.02. The highest BCUT2D eigenvalue weighted by atomic mass is 35.5. The Balaban J connectivity index is 2.87. The third-order valence-corrected chi connectivity index (χ3v) is 2.08. The van der Waals surface area contributed by atoms with Crippen molar-refractivity contribution in [3.8, 4) is 0 Å². The smallest absolute Gasteiger partial charge is 0.127 e. The molecule has 0 unspecified atom stereocenters. The molecule has 0 aromatic rings. The fraction of sp³-hybridized carbons (Fsp3) is 0.667. The van der Waals surface area contributed by atoms with E-state index in [1.54, 1.807) is 0 Å². The largest absolute Gasteiger partial charge is 0.273 e. The van der Waals surface area contributed by atoms with Crippen LogP contribution < -0.4 is 0 Å². The minimum absolute atomic E-state index is 0.140. The lowest BCUT2D eigenvalue weighted by Crippen LogP contribution is -2.17. The summed E-state index contributed by atoms with van der Waals surface area (Å²) in [5, 5.41) is 0.698. The normalized spacial score (nSPS) is 19.3. The molecule has 11 heavy (non-hydrogen) atoms. The average molecular weight is 172 g/mol. The van der Waals surface area contributed by atoms with Gasteiger partial charge in [-0.1, -0.05) is 38.4 Å². The topological polar surface area (TPSA) is 12.4 Å². The van der Waals surface area contributed by atoms with Crippen LogP contribution in [0.25, 0.3) is 0 Å². The maximum atomic E-state index is 5.95. The summed E-state index contributed by atoms with van der Waals surface area (Å²) in [6.07, 6.45) is 3.22. The summed E-state index contributed by atoms with van der Waals surface area (Å²) >= 11 is 5.95. The van der Waals surface area contributed by atoms with E-state index in [1.165, 1.54) is 5.57 Å². The number of hydrogen-bond donors (Lipinski definition) is 0. The third kappa shape index (κ3) is 2.06. The molecule has 0 aliphatic carbocycles. The fourth-order valence-electron chi connectivity index (χ4n) is 1.16. The van der Waals surface area contributed by atoms with Gasteiger partial charge in [0.2, 0.25) is 0 Å². The quantitative estimate of drug-likeness (QED) is 0.532. The molecule has 0 fully saturated rings. The van der Waals surface area contributed by atoms with Crippen LogP contribution in [0.2, 0.25) is 0 Å². The van der Waals surface area contributed by atoms with Gasteiger partial charge in [0.1, 0.15) is 5.17 Å². The second kappa shape index (κ2) is 2.98. The lowest BCUT2D eigenvalue weighted by atomic mass is 9.85. The molecule has 0 bridgehead atoms. The lowest BCUT2D eigenvalue weighted by molar-refractivity contribution is 0.521. The second-order valence-corrected chi connectivity index (χ2v) is 4.19. The van der Waals surface area contributed by atoms with E-state index < -0.39 is 0 Å². The maximum Gasteiger partial charge on any atom is 0.127 e. The van der Waals surface area contributed by atoms with E-state index in [9.17, 15) is 0 Å². The zero-order chi connectivity index (χ0) is 8.48. The number of hydrogen-bond acceptors (Lipinski definition) is 1. The van der Waals surface area contributed by atoms with Gasteiger partial charge in [0, 0.05) is 6.54 Å². The summed E-state index contributed by atoms with van der Waals surface area (Å²) in [7, 11) is 0. The van der Waals surface area contributed by atoms with Crippen LogP contribution in [0.4, 0.5) is 0 Å². The Morgan fingerprint density at radius 2 is 2.09 bits per heavy atom. The van der Waals surface area contributed by atoms with Crippen LogP contribution in [0, 0.1) is 5.41 Å². The van der Waals surface area contributed by atoms with Gasteiger partial charge in [-0.05, 0) is 17.4 Å². The Morgan fingerprint density at radius 3 is 2.45 bits per heavy atom. The molecule has 0 spiro atoms. The highest BCUT2D eigenvalue weighted by Crippen LogP contribution is 2.29. The van der Waals surface area contributed by atoms with Gasteiger partial charge in [0.15, 0.2) is 0 Å². The fourth-order valence-corrected chi connectivity index (χ4v) is 1.60. The number of halogens is 1. The summed E-state index contributed by atoms with van der Waals surface area (Å²) in [5.41, 5.74) is 1.33. The molecular formula is C9H14ClN. The van der Waals surface area contributed by atoms with Crippen LogP contribution in [0.1, 0.15) is 27.2 Å². The van der Waals surface area contributed by atoms with Gasteiger partial charge in [-0.25, -0.2) is 0 Å². The van der Waals surface area contributed by atoms with Crippen molar-refractivity contribution in [1.29, 1.82) is 0 Å². The van der Waals surface area contributed by atoms with Crippen molar-refractivity contribution in [3.05, 3.63) is 11.6 Å². The first-order valence-electron chi connectivity index (χ1n) is 3.93. The molecule has 0 aromatic heterocycles. The zero-order valence-electron chi connectivity index (χ0n) is 7.32. The minimum Gasteiger partial charge on any atom is -0.273 e. The first kappa shape index (κ1) is 8.79. The molecule has 0 atom stereocenters. The molecule has 1 aliphatic heterocycles. The van der Waals surface area contributed by atoms with Crippen LogP contribution in [-0.2, 0) is 0 Å². The molecule has 0 saturated heterocycles. The molecule has 1 nitrogen and oxygen atoms in total. The molecule has 1 aliphatic rings. The standard InChI is InChI=1S/C9H14ClN/c1-9(2,3)7-5-4-6-11-8(7)10/h5H,4,6H2,1-3H3. The monoisotopic (exact) mass is 171 g/mol. The molecule has 0 aromatic carbocycles. The van der Waals surface area contributed by atoms with E-state index >= 15 is 0 Å². The summed E-state index contributed by atoms with van der Waals surface area (Å²) in [5.74, 6) is 0. The summed E-state index contributed by atoms with van der Waals surface area (Å²) < 4.78 is 0. The number of nitrogens with zero attached hydrogens (tertiary/aromatic N) is 1. The molecule has 0 N–H and O–H groups in total. The van der Waals surface area contributed by atoms with Crippen LogP contribution in [0.15, 0.2) is 16.6 Å². The van der Waals surface area contributed by atoms with E-state index in [1.807, 2.05) is 0 Å². The maximum absolute atomic E-state index is 5.95. The van der Waals surface area contributed by atoms with Crippen molar-refractivity contribution >= 4 is 16.8 Å². The summed E-state index contributed by atoms with van der Waals surface area (Å²) in [6, 6.07) is 0. The van der Waals surface area contributed by atoms with Crippen LogP contribution in [-0.4, -0.2) is 11.7 Å². The van der Waals surface area contributed by atoms with Gasteiger partial charge in [0.05, 0.1) is 0 Å². The van der Waals surface area contributed by atoms with E-state index in [0.717, 1.165) is 13.0 Å². The molecule has 62 valence electrons. The Morgan fingerprint density at radius 1 is 1.45 bits per heavy atom. The molecule has 0 amide bonds. The summed E-state index contributed by atoms with van der Waals surface area (Å²) in [6.45, 7) is 7.31. The van der Waals surface area contributed by atoms with Crippen molar-refractivity contribution in [2.24, 2.45) is 10.4 Å². The van der Waals surface area contributed by atoms with E-state index in [0.29, 0.717) is 5.17 Å². The van der Waals surface area contributed by atoms with Gasteiger partial charge >= 0.3 is 0 Å². The summed E-state index contributed by atoms with van der Waals surface area (Å²) in [4.78, 5) is 4.19. The zero-order valence-corrected chi connectivity index (χ0v) is 8.07. The predicted molar refractivity (Wildman–Crippen MR) is 50.3 cm³/mol. The Labute approximate surface area is 73.2 Å². The highest BCUT2D eigenvalue weighted by molar-refractivity contribution is 6.69. The number of aliphatic imine (C=N–C) groups is 1. The van der Waals surface area contributed by atoms with E-state index in [2.05, 4.69) is 31.8 Å². The molecule has 1 rings (SSSR count). The van der Waals surface area contributed by atoms with Crippen molar-refractivity contribution < 1.29 is 0 Å². The molecule has 1 heterocycles. The van der Waals surface area contributed by atoms with Crippen LogP contribution in [0.3, 0.4) is 0 Å².